The van der Waals surface area contributed by atoms with E-state index in [1.807, 2.05) is 0 Å². The van der Waals surface area contributed by atoms with Gasteiger partial charge in [-0.2, -0.15) is 0 Å². The highest BCUT2D eigenvalue weighted by Crippen LogP contribution is 2.28. The predicted octanol–water partition coefficient (Wildman–Crippen LogP) is 2.84. The van der Waals surface area contributed by atoms with Crippen LogP contribution in [0.5, 0.6) is 17.2 Å². The number of aliphatic hydroxyl groups is 1. The van der Waals surface area contributed by atoms with E-state index in [-0.39, 0.29) is 27.6 Å². The monoisotopic (exact) mass is 457 g/mol. The Balaban J connectivity index is 1.80. The van der Waals surface area contributed by atoms with E-state index < -0.39 is 22.0 Å². The molecule has 0 spiro atoms. The molecule has 1 amide bonds. The fourth-order valence-corrected chi connectivity index (χ4v) is 3.70. The maximum absolute atomic E-state index is 12.7. The van der Waals surface area contributed by atoms with Crippen LogP contribution in [0.25, 0.3) is 0 Å². The first-order valence-corrected chi connectivity index (χ1v) is 11.3. The Kier molecular flexibility index (Phi) is 7.08. The van der Waals surface area contributed by atoms with E-state index in [1.54, 1.807) is 37.4 Å². The van der Waals surface area contributed by atoms with Crippen molar-refractivity contribution in [3.63, 3.8) is 0 Å². The van der Waals surface area contributed by atoms with E-state index in [2.05, 4.69) is 15.6 Å². The van der Waals surface area contributed by atoms with Crippen LogP contribution in [0.2, 0.25) is 0 Å². The summed E-state index contributed by atoms with van der Waals surface area (Å²) in [5.74, 6) is -0.143. The standard InChI is InChI=1S/C22H23N3O6S/c1-3-32(29,30)17-7-8-20(26)18(13-17)25-21(27)14-5-4-6-15(11-14)31-16-9-10-24-19(12-16)22(28)23-2/h4-13,22-23,26,28H,3H2,1-2H3,(H,25,27). The summed E-state index contributed by atoms with van der Waals surface area (Å²) in [6.07, 6.45) is 0.540. The molecule has 2 aromatic carbocycles. The number of benzene rings is 2. The zero-order chi connectivity index (χ0) is 23.3. The van der Waals surface area contributed by atoms with Crippen LogP contribution in [0.1, 0.15) is 29.2 Å². The number of rotatable bonds is 8. The number of nitrogens with one attached hydrogen (secondary N) is 2. The zero-order valence-corrected chi connectivity index (χ0v) is 18.3. The predicted molar refractivity (Wildman–Crippen MR) is 119 cm³/mol. The normalized spacial score (nSPS) is 12.2. The molecule has 0 bridgehead atoms. The van der Waals surface area contributed by atoms with Crippen molar-refractivity contribution in [3.05, 3.63) is 72.1 Å². The van der Waals surface area contributed by atoms with Gasteiger partial charge in [0.05, 0.1) is 22.0 Å². The number of anilines is 1. The van der Waals surface area contributed by atoms with Gasteiger partial charge in [0.15, 0.2) is 9.84 Å². The average Bonchev–Trinajstić information content (AvgIpc) is 2.80. The molecule has 1 aromatic heterocycles. The number of phenols is 1. The summed E-state index contributed by atoms with van der Waals surface area (Å²) in [5, 5.41) is 25.1. The highest BCUT2D eigenvalue weighted by Gasteiger charge is 2.16. The average molecular weight is 458 g/mol. The van der Waals surface area contributed by atoms with Gasteiger partial charge in [-0.25, -0.2) is 8.42 Å². The van der Waals surface area contributed by atoms with Gasteiger partial charge in [-0.05, 0) is 49.5 Å². The smallest absolute Gasteiger partial charge is 0.255 e. The van der Waals surface area contributed by atoms with E-state index in [4.69, 9.17) is 4.74 Å². The number of hydrogen-bond donors (Lipinski definition) is 4. The van der Waals surface area contributed by atoms with E-state index >= 15 is 0 Å². The first kappa shape index (κ1) is 23.2. The van der Waals surface area contributed by atoms with Crippen LogP contribution >= 0.6 is 0 Å². The molecule has 10 heteroatoms. The van der Waals surface area contributed by atoms with Gasteiger partial charge in [-0.1, -0.05) is 13.0 Å². The molecule has 3 aromatic rings. The molecule has 0 aliphatic heterocycles. The molecule has 0 fully saturated rings. The third-order valence-corrected chi connectivity index (χ3v) is 6.33. The van der Waals surface area contributed by atoms with Gasteiger partial charge in [0.1, 0.15) is 23.5 Å². The molecule has 0 saturated heterocycles. The zero-order valence-electron chi connectivity index (χ0n) is 17.4. The van der Waals surface area contributed by atoms with Gasteiger partial charge in [0.25, 0.3) is 5.91 Å². The number of hydrogen-bond acceptors (Lipinski definition) is 8. The number of sulfone groups is 1. The summed E-state index contributed by atoms with van der Waals surface area (Å²) in [6, 6.07) is 13.2. The Bertz CT molecular complexity index is 1230. The summed E-state index contributed by atoms with van der Waals surface area (Å²) in [6.45, 7) is 1.51. The Morgan fingerprint density at radius 1 is 1.12 bits per heavy atom. The first-order valence-electron chi connectivity index (χ1n) is 9.70. The lowest BCUT2D eigenvalue weighted by molar-refractivity contribution is 0.102. The second-order valence-electron chi connectivity index (χ2n) is 6.77. The van der Waals surface area contributed by atoms with Crippen molar-refractivity contribution >= 4 is 21.4 Å². The molecule has 1 heterocycles. The summed E-state index contributed by atoms with van der Waals surface area (Å²) in [7, 11) is -1.91. The molecule has 0 aliphatic carbocycles. The number of ether oxygens (including phenoxy) is 1. The molecule has 9 nitrogen and oxygen atoms in total. The van der Waals surface area contributed by atoms with Gasteiger partial charge in [-0.3, -0.25) is 15.1 Å². The number of carbonyl (C=O) groups excluding carboxylic acids is 1. The summed E-state index contributed by atoms with van der Waals surface area (Å²) in [5.41, 5.74) is 0.585. The SMILES string of the molecule is CCS(=O)(=O)c1ccc(O)c(NC(=O)c2cccc(Oc3ccnc(C(O)NC)c3)c2)c1. The number of aromatic hydroxyl groups is 1. The maximum Gasteiger partial charge on any atom is 0.255 e. The molecule has 32 heavy (non-hydrogen) atoms. The number of nitrogens with zero attached hydrogens (tertiary/aromatic N) is 1. The molecular formula is C22H23N3O6S. The fourth-order valence-electron chi connectivity index (χ4n) is 2.80. The van der Waals surface area contributed by atoms with Crippen molar-refractivity contribution in [1.82, 2.24) is 10.3 Å². The Morgan fingerprint density at radius 2 is 1.88 bits per heavy atom. The topological polar surface area (TPSA) is 138 Å². The lowest BCUT2D eigenvalue weighted by Crippen LogP contribution is -2.16. The molecule has 0 aliphatic rings. The molecule has 0 radical (unpaired) electrons. The second kappa shape index (κ2) is 9.77. The van der Waals surface area contributed by atoms with Gasteiger partial charge < -0.3 is 20.3 Å². The van der Waals surface area contributed by atoms with Gasteiger partial charge >= 0.3 is 0 Å². The highest BCUT2D eigenvalue weighted by atomic mass is 32.2. The number of aliphatic hydroxyl groups excluding tert-OH is 1. The maximum atomic E-state index is 12.7. The largest absolute Gasteiger partial charge is 0.506 e. The van der Waals surface area contributed by atoms with Crippen LogP contribution in [0, 0.1) is 0 Å². The number of aromatic nitrogens is 1. The fraction of sp³-hybridized carbons (Fsp3) is 0.182. The van der Waals surface area contributed by atoms with Crippen molar-refractivity contribution in [2.45, 2.75) is 18.0 Å². The Labute approximate surface area is 185 Å². The minimum atomic E-state index is -3.50. The third-order valence-electron chi connectivity index (χ3n) is 4.59. The molecule has 3 rings (SSSR count). The van der Waals surface area contributed by atoms with Crippen molar-refractivity contribution in [2.24, 2.45) is 0 Å². The Hall–Kier alpha value is -3.47. The molecule has 4 N–H and O–H groups in total. The van der Waals surface area contributed by atoms with Crippen LogP contribution in [-0.4, -0.2) is 42.3 Å². The van der Waals surface area contributed by atoms with Crippen LogP contribution < -0.4 is 15.4 Å². The van der Waals surface area contributed by atoms with Crippen LogP contribution in [-0.2, 0) is 9.84 Å². The highest BCUT2D eigenvalue weighted by molar-refractivity contribution is 7.91. The lowest BCUT2D eigenvalue weighted by atomic mass is 10.2. The van der Waals surface area contributed by atoms with Gasteiger partial charge in [-0.15, -0.1) is 0 Å². The third kappa shape index (κ3) is 5.41. The number of phenolic OH excluding ortho intramolecular Hbond substituents is 1. The van der Waals surface area contributed by atoms with Crippen molar-refractivity contribution in [3.8, 4) is 17.2 Å². The van der Waals surface area contributed by atoms with Crippen molar-refractivity contribution in [2.75, 3.05) is 18.1 Å². The summed E-state index contributed by atoms with van der Waals surface area (Å²) < 4.78 is 29.9. The minimum Gasteiger partial charge on any atom is -0.506 e. The molecule has 0 saturated carbocycles. The van der Waals surface area contributed by atoms with Gasteiger partial charge in [0.2, 0.25) is 0 Å². The van der Waals surface area contributed by atoms with E-state index in [0.717, 1.165) is 0 Å². The Morgan fingerprint density at radius 3 is 2.59 bits per heavy atom. The lowest BCUT2D eigenvalue weighted by Gasteiger charge is -2.12. The summed E-state index contributed by atoms with van der Waals surface area (Å²) in [4.78, 5) is 16.8. The van der Waals surface area contributed by atoms with Crippen LogP contribution in [0.15, 0.2) is 65.7 Å². The second-order valence-corrected chi connectivity index (χ2v) is 9.05. The van der Waals surface area contributed by atoms with E-state index in [0.29, 0.717) is 17.2 Å². The molecular weight excluding hydrogens is 434 g/mol. The number of pyridine rings is 1. The first-order chi connectivity index (χ1) is 15.2. The summed E-state index contributed by atoms with van der Waals surface area (Å²) >= 11 is 0. The van der Waals surface area contributed by atoms with Gasteiger partial charge in [0, 0.05) is 17.8 Å². The number of carbonyl (C=O) groups is 1. The van der Waals surface area contributed by atoms with Crippen LogP contribution in [0.4, 0.5) is 5.69 Å². The molecule has 1 unspecified atom stereocenters. The van der Waals surface area contributed by atoms with Crippen molar-refractivity contribution < 1.29 is 28.2 Å². The van der Waals surface area contributed by atoms with E-state index in [1.165, 1.54) is 37.4 Å². The van der Waals surface area contributed by atoms with Crippen molar-refractivity contribution in [1.29, 1.82) is 0 Å². The van der Waals surface area contributed by atoms with E-state index in [9.17, 15) is 23.4 Å². The number of amides is 1. The molecule has 1 atom stereocenters. The minimum absolute atomic E-state index is 0.00225. The molecule has 168 valence electrons. The van der Waals surface area contributed by atoms with Crippen LogP contribution in [0.3, 0.4) is 0 Å². The quantitative estimate of drug-likeness (QED) is 0.299.